The van der Waals surface area contributed by atoms with Crippen molar-refractivity contribution in [1.29, 1.82) is 5.26 Å². The van der Waals surface area contributed by atoms with Gasteiger partial charge in [-0.3, -0.25) is 9.59 Å². The third-order valence-corrected chi connectivity index (χ3v) is 6.75. The summed E-state index contributed by atoms with van der Waals surface area (Å²) in [4.78, 5) is 26.3. The van der Waals surface area contributed by atoms with E-state index in [1.165, 1.54) is 0 Å². The number of aromatic nitrogens is 2. The number of ketones is 1. The molecule has 3 heterocycles. The quantitative estimate of drug-likeness (QED) is 0.538. The largest absolute Gasteiger partial charge is 0.501 e. The molecule has 0 unspecified atom stereocenters. The average molecular weight is 424 g/mol. The number of rotatable bonds is 3. The first-order valence-electron chi connectivity index (χ1n) is 10.6. The lowest BCUT2D eigenvalue weighted by Gasteiger charge is -2.15. The molecule has 1 aliphatic carbocycles. The molecule has 0 fully saturated rings. The van der Waals surface area contributed by atoms with Gasteiger partial charge in [-0.1, -0.05) is 18.2 Å². The van der Waals surface area contributed by atoms with Crippen molar-refractivity contribution in [3.63, 3.8) is 0 Å². The summed E-state index contributed by atoms with van der Waals surface area (Å²) in [6, 6.07) is 10.3. The average Bonchev–Trinajstić information content (AvgIpc) is 3.43. The number of nitrogens with one attached hydrogen (secondary N) is 1. The number of nitriles is 1. The predicted octanol–water partition coefficient (Wildman–Crippen LogP) is 4.02. The maximum absolute atomic E-state index is 13.3. The standard InChI is InChI=1S/C25H20N4O3/c1-28-17-7-4-3-6-14(17)19-16-12-27-25(31)21(16)20-15-10-13(32-2)11-18(30)22(15)29(9-5-8-26)24(20)23(19)28/h3-4,6-7,10H,5,9,11-12H2,1-2H3,(H,27,31). The fraction of sp³-hybridized carbons (Fsp3) is 0.240. The molecule has 6 rings (SSSR count). The number of fused-ring (bicyclic) bond motifs is 10. The second kappa shape index (κ2) is 6.47. The number of methoxy groups -OCH3 is 1. The molecule has 0 radical (unpaired) electrons. The summed E-state index contributed by atoms with van der Waals surface area (Å²) in [5, 5.41) is 15.2. The zero-order chi connectivity index (χ0) is 22.1. The van der Waals surface area contributed by atoms with Gasteiger partial charge in [-0.2, -0.15) is 5.26 Å². The van der Waals surface area contributed by atoms with E-state index >= 15 is 0 Å². The van der Waals surface area contributed by atoms with Crippen molar-refractivity contribution in [2.24, 2.45) is 7.05 Å². The third-order valence-electron chi connectivity index (χ3n) is 6.75. The lowest BCUT2D eigenvalue weighted by molar-refractivity contribution is 0.0954. The normalized spacial score (nSPS) is 15.1. The van der Waals surface area contributed by atoms with Gasteiger partial charge in [-0.15, -0.1) is 0 Å². The highest BCUT2D eigenvalue weighted by molar-refractivity contribution is 6.28. The van der Waals surface area contributed by atoms with Crippen LogP contribution in [0.4, 0.5) is 0 Å². The number of amides is 1. The van der Waals surface area contributed by atoms with Crippen LogP contribution in [-0.2, 0) is 24.9 Å². The van der Waals surface area contributed by atoms with Crippen LogP contribution >= 0.6 is 0 Å². The SMILES string of the molecule is COC1=Cc2c(n(CCC#N)c3c2c2c(c4c5ccccc5n(C)c43)CNC2=O)C(=O)C1. The van der Waals surface area contributed by atoms with Crippen LogP contribution in [0, 0.1) is 11.3 Å². The first-order chi connectivity index (χ1) is 15.6. The van der Waals surface area contributed by atoms with Crippen molar-refractivity contribution in [3.05, 3.63) is 52.4 Å². The highest BCUT2D eigenvalue weighted by Crippen LogP contribution is 2.45. The molecule has 2 aromatic carbocycles. The van der Waals surface area contributed by atoms with Crippen LogP contribution in [0.3, 0.4) is 0 Å². The molecule has 2 aromatic heterocycles. The van der Waals surface area contributed by atoms with E-state index < -0.39 is 0 Å². The highest BCUT2D eigenvalue weighted by Gasteiger charge is 2.35. The Hall–Kier alpha value is -4.05. The molecule has 32 heavy (non-hydrogen) atoms. The molecule has 158 valence electrons. The lowest BCUT2D eigenvalue weighted by atomic mass is 9.93. The first kappa shape index (κ1) is 18.7. The molecule has 1 aliphatic heterocycles. The second-order valence-corrected chi connectivity index (χ2v) is 8.30. The van der Waals surface area contributed by atoms with Gasteiger partial charge in [0.15, 0.2) is 5.78 Å². The van der Waals surface area contributed by atoms with Crippen LogP contribution in [0.15, 0.2) is 30.0 Å². The molecule has 7 nitrogen and oxygen atoms in total. The number of aryl methyl sites for hydroxylation is 2. The molecule has 0 bridgehead atoms. The molecule has 0 atom stereocenters. The van der Waals surface area contributed by atoms with Crippen LogP contribution in [0.25, 0.3) is 38.8 Å². The Morgan fingerprint density at radius 2 is 2.00 bits per heavy atom. The molecule has 0 saturated heterocycles. The Morgan fingerprint density at radius 3 is 2.78 bits per heavy atom. The number of benzene rings is 2. The fourth-order valence-electron chi connectivity index (χ4n) is 5.49. The number of Topliss-reactive ketones (excluding diaryl/α,β-unsaturated/α-hetero) is 1. The Labute approximate surface area is 183 Å². The summed E-state index contributed by atoms with van der Waals surface area (Å²) in [5.74, 6) is 0.379. The van der Waals surface area contributed by atoms with E-state index in [1.807, 2.05) is 29.8 Å². The van der Waals surface area contributed by atoms with E-state index in [9.17, 15) is 14.9 Å². The zero-order valence-electron chi connectivity index (χ0n) is 17.8. The van der Waals surface area contributed by atoms with Crippen LogP contribution in [0.1, 0.15) is 44.8 Å². The van der Waals surface area contributed by atoms with Crippen LogP contribution < -0.4 is 5.32 Å². The zero-order valence-corrected chi connectivity index (χ0v) is 17.8. The van der Waals surface area contributed by atoms with Gasteiger partial charge in [0.1, 0.15) is 5.76 Å². The third kappa shape index (κ3) is 2.19. The number of para-hydroxylation sites is 1. The van der Waals surface area contributed by atoms with Gasteiger partial charge in [0, 0.05) is 47.4 Å². The van der Waals surface area contributed by atoms with Crippen LogP contribution in [-0.4, -0.2) is 27.9 Å². The number of carbonyl (C=O) groups excluding carboxylic acids is 2. The number of ether oxygens (including phenoxy) is 1. The van der Waals surface area contributed by atoms with Crippen molar-refractivity contribution in [2.45, 2.75) is 25.9 Å². The van der Waals surface area contributed by atoms with Crippen LogP contribution in [0.2, 0.25) is 0 Å². The Kier molecular flexibility index (Phi) is 3.78. The topological polar surface area (TPSA) is 89.1 Å². The first-order valence-corrected chi connectivity index (χ1v) is 10.6. The molecule has 4 aromatic rings. The van der Waals surface area contributed by atoms with E-state index in [4.69, 9.17) is 4.74 Å². The molecule has 0 saturated carbocycles. The van der Waals surface area contributed by atoms with E-state index in [-0.39, 0.29) is 24.5 Å². The van der Waals surface area contributed by atoms with Crippen molar-refractivity contribution < 1.29 is 14.3 Å². The minimum Gasteiger partial charge on any atom is -0.501 e. The molecule has 1 N–H and O–H groups in total. The maximum Gasteiger partial charge on any atom is 0.252 e. The highest BCUT2D eigenvalue weighted by atomic mass is 16.5. The summed E-state index contributed by atoms with van der Waals surface area (Å²) in [6.07, 6.45) is 2.31. The summed E-state index contributed by atoms with van der Waals surface area (Å²) < 4.78 is 9.52. The fourth-order valence-corrected chi connectivity index (χ4v) is 5.49. The molecular weight excluding hydrogens is 404 g/mol. The number of nitrogens with zero attached hydrogens (tertiary/aromatic N) is 3. The Morgan fingerprint density at radius 1 is 1.19 bits per heavy atom. The minimum atomic E-state index is -0.134. The van der Waals surface area contributed by atoms with E-state index in [1.54, 1.807) is 7.11 Å². The smallest absolute Gasteiger partial charge is 0.252 e. The maximum atomic E-state index is 13.3. The molecule has 2 aliphatic rings. The summed E-state index contributed by atoms with van der Waals surface area (Å²) in [5.41, 5.74) is 5.71. The van der Waals surface area contributed by atoms with Crippen molar-refractivity contribution >= 4 is 50.5 Å². The van der Waals surface area contributed by atoms with Gasteiger partial charge in [0.2, 0.25) is 0 Å². The van der Waals surface area contributed by atoms with E-state index in [2.05, 4.69) is 28.1 Å². The van der Waals surface area contributed by atoms with Crippen molar-refractivity contribution in [1.82, 2.24) is 14.5 Å². The number of carbonyl (C=O) groups is 2. The predicted molar refractivity (Wildman–Crippen MR) is 121 cm³/mol. The van der Waals surface area contributed by atoms with Gasteiger partial charge in [-0.05, 0) is 17.7 Å². The molecule has 7 heteroatoms. The Balaban J connectivity index is 1.93. The summed E-state index contributed by atoms with van der Waals surface area (Å²) >= 11 is 0. The number of hydrogen-bond donors (Lipinski definition) is 1. The molecule has 1 amide bonds. The van der Waals surface area contributed by atoms with Gasteiger partial charge in [-0.25, -0.2) is 0 Å². The molecular formula is C25H20N4O3. The number of allylic oxidation sites excluding steroid dienone is 1. The lowest BCUT2D eigenvalue weighted by Crippen LogP contribution is -2.15. The second-order valence-electron chi connectivity index (χ2n) is 8.30. The van der Waals surface area contributed by atoms with Crippen molar-refractivity contribution in [2.75, 3.05) is 7.11 Å². The van der Waals surface area contributed by atoms with Gasteiger partial charge < -0.3 is 19.2 Å². The Bertz CT molecular complexity index is 1590. The van der Waals surface area contributed by atoms with E-state index in [0.29, 0.717) is 35.7 Å². The monoisotopic (exact) mass is 424 g/mol. The van der Waals surface area contributed by atoms with Crippen LogP contribution in [0.5, 0.6) is 0 Å². The van der Waals surface area contributed by atoms with E-state index in [0.717, 1.165) is 38.3 Å². The summed E-state index contributed by atoms with van der Waals surface area (Å²) in [6.45, 7) is 0.822. The summed E-state index contributed by atoms with van der Waals surface area (Å²) in [7, 11) is 3.57. The minimum absolute atomic E-state index is 0.0624. The van der Waals surface area contributed by atoms with Gasteiger partial charge >= 0.3 is 0 Å². The van der Waals surface area contributed by atoms with Crippen molar-refractivity contribution in [3.8, 4) is 6.07 Å². The van der Waals surface area contributed by atoms with Gasteiger partial charge in [0.25, 0.3) is 5.91 Å². The number of hydrogen-bond acceptors (Lipinski definition) is 4. The molecule has 0 spiro atoms. The van der Waals surface area contributed by atoms with Gasteiger partial charge in [0.05, 0.1) is 48.3 Å².